The Morgan fingerprint density at radius 3 is 2.36 bits per heavy atom. The van der Waals surface area contributed by atoms with Gasteiger partial charge in [-0.1, -0.05) is 6.92 Å². The Hall–Kier alpha value is -0.940. The van der Waals surface area contributed by atoms with Gasteiger partial charge in [0.05, 0.1) is 12.0 Å². The fraction of sp³-hybridized carbons (Fsp3) is 0.778. The SMILES string of the molecule is CCC(=O)OC(=O)C[C@](C)(O)CCO. The molecule has 82 valence electrons. The van der Waals surface area contributed by atoms with Crippen molar-refractivity contribution in [3.8, 4) is 0 Å². The zero-order chi connectivity index (χ0) is 11.2. The first-order valence-electron chi connectivity index (χ1n) is 4.48. The topological polar surface area (TPSA) is 83.8 Å². The molecular formula is C9H16O5. The summed E-state index contributed by atoms with van der Waals surface area (Å²) >= 11 is 0. The van der Waals surface area contributed by atoms with E-state index in [2.05, 4.69) is 4.74 Å². The molecule has 0 saturated heterocycles. The van der Waals surface area contributed by atoms with Crippen molar-refractivity contribution in [2.45, 2.75) is 38.7 Å². The maximum absolute atomic E-state index is 11.0. The van der Waals surface area contributed by atoms with Crippen LogP contribution in [-0.2, 0) is 14.3 Å². The number of carbonyl (C=O) groups is 2. The number of aliphatic hydroxyl groups excluding tert-OH is 1. The maximum atomic E-state index is 11.0. The van der Waals surface area contributed by atoms with Crippen LogP contribution in [0.5, 0.6) is 0 Å². The zero-order valence-electron chi connectivity index (χ0n) is 8.45. The predicted octanol–water partition coefficient (Wildman–Crippen LogP) is -0.0103. The average Bonchev–Trinajstić information content (AvgIpc) is 2.02. The lowest BCUT2D eigenvalue weighted by Gasteiger charge is -2.20. The summed E-state index contributed by atoms with van der Waals surface area (Å²) in [6, 6.07) is 0. The monoisotopic (exact) mass is 204 g/mol. The lowest BCUT2D eigenvalue weighted by atomic mass is 9.99. The van der Waals surface area contributed by atoms with Crippen LogP contribution >= 0.6 is 0 Å². The van der Waals surface area contributed by atoms with E-state index in [1.54, 1.807) is 6.92 Å². The maximum Gasteiger partial charge on any atom is 0.316 e. The quantitative estimate of drug-likeness (QED) is 0.486. The van der Waals surface area contributed by atoms with E-state index in [0.29, 0.717) is 0 Å². The summed E-state index contributed by atoms with van der Waals surface area (Å²) in [5.74, 6) is -1.38. The zero-order valence-corrected chi connectivity index (χ0v) is 8.45. The number of esters is 2. The molecule has 0 aliphatic carbocycles. The number of rotatable bonds is 5. The summed E-state index contributed by atoms with van der Waals surface area (Å²) in [5, 5.41) is 18.1. The van der Waals surface area contributed by atoms with Crippen LogP contribution in [0.3, 0.4) is 0 Å². The van der Waals surface area contributed by atoms with E-state index in [1.807, 2.05) is 0 Å². The Labute approximate surface area is 82.7 Å². The highest BCUT2D eigenvalue weighted by molar-refractivity contribution is 5.85. The Bertz CT molecular complexity index is 209. The molecule has 0 spiro atoms. The van der Waals surface area contributed by atoms with Crippen LogP contribution in [-0.4, -0.2) is 34.4 Å². The lowest BCUT2D eigenvalue weighted by molar-refractivity contribution is -0.162. The molecule has 0 rings (SSSR count). The molecule has 0 heterocycles. The van der Waals surface area contributed by atoms with E-state index < -0.39 is 17.5 Å². The first-order valence-corrected chi connectivity index (χ1v) is 4.48. The Balaban J connectivity index is 3.98. The molecule has 0 amide bonds. The molecule has 0 aromatic rings. The molecule has 14 heavy (non-hydrogen) atoms. The molecule has 0 fully saturated rings. The highest BCUT2D eigenvalue weighted by Gasteiger charge is 2.25. The molecule has 0 saturated carbocycles. The van der Waals surface area contributed by atoms with Gasteiger partial charge in [0.2, 0.25) is 0 Å². The number of hydrogen-bond acceptors (Lipinski definition) is 5. The van der Waals surface area contributed by atoms with Crippen molar-refractivity contribution in [1.82, 2.24) is 0 Å². The van der Waals surface area contributed by atoms with Crippen LogP contribution < -0.4 is 0 Å². The van der Waals surface area contributed by atoms with Crippen LogP contribution in [0, 0.1) is 0 Å². The Kier molecular flexibility index (Phi) is 5.34. The van der Waals surface area contributed by atoms with E-state index in [1.165, 1.54) is 6.92 Å². The predicted molar refractivity (Wildman–Crippen MR) is 48.3 cm³/mol. The highest BCUT2D eigenvalue weighted by Crippen LogP contribution is 2.14. The van der Waals surface area contributed by atoms with Gasteiger partial charge < -0.3 is 14.9 Å². The van der Waals surface area contributed by atoms with Crippen LogP contribution in [0.15, 0.2) is 0 Å². The Morgan fingerprint density at radius 2 is 1.93 bits per heavy atom. The van der Waals surface area contributed by atoms with Crippen molar-refractivity contribution in [2.24, 2.45) is 0 Å². The van der Waals surface area contributed by atoms with Crippen molar-refractivity contribution in [3.05, 3.63) is 0 Å². The van der Waals surface area contributed by atoms with Gasteiger partial charge in [-0.15, -0.1) is 0 Å². The van der Waals surface area contributed by atoms with Crippen LogP contribution in [0.4, 0.5) is 0 Å². The third-order valence-electron chi connectivity index (χ3n) is 1.69. The van der Waals surface area contributed by atoms with E-state index in [9.17, 15) is 14.7 Å². The standard InChI is InChI=1S/C9H16O5/c1-3-7(11)14-8(12)6-9(2,13)4-5-10/h10,13H,3-6H2,1-2H3/t9-/m1/s1. The number of carbonyl (C=O) groups excluding carboxylic acids is 2. The summed E-state index contributed by atoms with van der Waals surface area (Å²) in [6.07, 6.45) is -0.102. The van der Waals surface area contributed by atoms with E-state index in [-0.39, 0.29) is 25.9 Å². The summed E-state index contributed by atoms with van der Waals surface area (Å²) < 4.78 is 4.36. The molecule has 5 nitrogen and oxygen atoms in total. The third-order valence-corrected chi connectivity index (χ3v) is 1.69. The minimum absolute atomic E-state index is 0.0718. The molecule has 0 aromatic carbocycles. The molecule has 0 aliphatic rings. The third kappa shape index (κ3) is 5.66. The normalized spacial score (nSPS) is 14.6. The van der Waals surface area contributed by atoms with E-state index >= 15 is 0 Å². The smallest absolute Gasteiger partial charge is 0.316 e. The van der Waals surface area contributed by atoms with Gasteiger partial charge in [-0.05, 0) is 13.3 Å². The lowest BCUT2D eigenvalue weighted by Crippen LogP contribution is -2.30. The van der Waals surface area contributed by atoms with Crippen molar-refractivity contribution in [1.29, 1.82) is 0 Å². The van der Waals surface area contributed by atoms with Crippen LogP contribution in [0.1, 0.15) is 33.1 Å². The van der Waals surface area contributed by atoms with E-state index in [4.69, 9.17) is 5.11 Å². The summed E-state index contributed by atoms with van der Waals surface area (Å²) in [7, 11) is 0. The highest BCUT2D eigenvalue weighted by atomic mass is 16.6. The van der Waals surface area contributed by atoms with Gasteiger partial charge in [0, 0.05) is 13.0 Å². The van der Waals surface area contributed by atoms with Gasteiger partial charge in [0.15, 0.2) is 0 Å². The largest absolute Gasteiger partial charge is 0.396 e. The van der Waals surface area contributed by atoms with Crippen LogP contribution in [0.25, 0.3) is 0 Å². The number of aliphatic hydroxyl groups is 2. The fourth-order valence-corrected chi connectivity index (χ4v) is 0.875. The molecule has 2 N–H and O–H groups in total. The molecular weight excluding hydrogens is 188 g/mol. The molecule has 0 radical (unpaired) electrons. The van der Waals surface area contributed by atoms with Crippen molar-refractivity contribution in [2.75, 3.05) is 6.61 Å². The van der Waals surface area contributed by atoms with Gasteiger partial charge in [-0.3, -0.25) is 9.59 Å². The number of ether oxygens (including phenoxy) is 1. The summed E-state index contributed by atoms with van der Waals surface area (Å²) in [4.78, 5) is 21.7. The second kappa shape index (κ2) is 5.72. The first kappa shape index (κ1) is 13.1. The minimum atomic E-state index is -1.32. The fourth-order valence-electron chi connectivity index (χ4n) is 0.875. The number of hydrogen-bond donors (Lipinski definition) is 2. The molecule has 0 bridgehead atoms. The molecule has 5 heteroatoms. The minimum Gasteiger partial charge on any atom is -0.396 e. The summed E-state index contributed by atoms with van der Waals surface area (Å²) in [5.41, 5.74) is -1.32. The molecule has 0 aromatic heterocycles. The molecule has 1 atom stereocenters. The molecule has 0 unspecified atom stereocenters. The van der Waals surface area contributed by atoms with Crippen molar-refractivity contribution in [3.63, 3.8) is 0 Å². The van der Waals surface area contributed by atoms with Gasteiger partial charge in [0.1, 0.15) is 0 Å². The first-order chi connectivity index (χ1) is 6.41. The van der Waals surface area contributed by atoms with Crippen molar-refractivity contribution >= 4 is 11.9 Å². The van der Waals surface area contributed by atoms with Crippen molar-refractivity contribution < 1.29 is 24.5 Å². The van der Waals surface area contributed by atoms with Gasteiger partial charge in [-0.25, -0.2) is 0 Å². The summed E-state index contributed by atoms with van der Waals surface area (Å²) in [6.45, 7) is 2.75. The van der Waals surface area contributed by atoms with Crippen LogP contribution in [0.2, 0.25) is 0 Å². The van der Waals surface area contributed by atoms with E-state index in [0.717, 1.165) is 0 Å². The second-order valence-electron chi connectivity index (χ2n) is 3.35. The van der Waals surface area contributed by atoms with Gasteiger partial charge in [-0.2, -0.15) is 0 Å². The average molecular weight is 204 g/mol. The second-order valence-corrected chi connectivity index (χ2v) is 3.35. The molecule has 0 aliphatic heterocycles. The Morgan fingerprint density at radius 1 is 1.36 bits per heavy atom. The van der Waals surface area contributed by atoms with Gasteiger partial charge in [0.25, 0.3) is 0 Å². The van der Waals surface area contributed by atoms with Gasteiger partial charge >= 0.3 is 11.9 Å².